The summed E-state index contributed by atoms with van der Waals surface area (Å²) in [6, 6.07) is 17.7. The van der Waals surface area contributed by atoms with Crippen LogP contribution in [0.15, 0.2) is 76.5 Å². The van der Waals surface area contributed by atoms with Gasteiger partial charge in [-0.05, 0) is 54.1 Å². The first-order chi connectivity index (χ1) is 13.9. The largest absolute Gasteiger partial charge is 0.584 e. The van der Waals surface area contributed by atoms with E-state index >= 15 is 0 Å². The molecule has 1 aliphatic heterocycles. The summed E-state index contributed by atoms with van der Waals surface area (Å²) in [6.45, 7) is 0. The third-order valence-corrected chi connectivity index (χ3v) is 6.22. The molecular weight excluding hydrogens is 414 g/mol. The zero-order chi connectivity index (χ0) is 20.4. The zero-order valence-corrected chi connectivity index (χ0v) is 17.0. The first-order valence-corrected chi connectivity index (χ1v) is 10.9. The van der Waals surface area contributed by atoms with E-state index in [4.69, 9.17) is 13.8 Å². The molecule has 0 radical (unpaired) electrons. The van der Waals surface area contributed by atoms with Gasteiger partial charge in [-0.3, -0.25) is 4.89 Å². The average molecular weight is 430 g/mol. The van der Waals surface area contributed by atoms with E-state index in [-0.39, 0.29) is 11.5 Å². The van der Waals surface area contributed by atoms with Crippen molar-refractivity contribution in [1.82, 2.24) is 0 Å². The van der Waals surface area contributed by atoms with Crippen LogP contribution in [-0.2, 0) is 9.09 Å². The van der Waals surface area contributed by atoms with Crippen molar-refractivity contribution in [2.45, 2.75) is 9.79 Å². The lowest BCUT2D eigenvalue weighted by molar-refractivity contribution is 0.277. The number of halogens is 1. The molecule has 3 aromatic rings. The van der Waals surface area contributed by atoms with Crippen LogP contribution in [0.2, 0.25) is 0 Å². The lowest BCUT2D eigenvalue weighted by atomic mass is 10.1. The molecule has 1 aliphatic rings. The van der Waals surface area contributed by atoms with Crippen LogP contribution in [-0.4, -0.2) is 12.0 Å². The van der Waals surface area contributed by atoms with Crippen molar-refractivity contribution in [2.24, 2.45) is 0 Å². The summed E-state index contributed by atoms with van der Waals surface area (Å²) in [6.07, 6.45) is 1.69. The number of benzene rings is 3. The summed E-state index contributed by atoms with van der Waals surface area (Å²) in [5.41, 5.74) is 1.43. The van der Waals surface area contributed by atoms with Gasteiger partial charge in [0.15, 0.2) is 0 Å². The van der Waals surface area contributed by atoms with Crippen molar-refractivity contribution in [2.75, 3.05) is 7.11 Å². The Morgan fingerprint density at radius 2 is 1.72 bits per heavy atom. The van der Waals surface area contributed by atoms with E-state index < -0.39 is 13.6 Å². The Labute approximate surface area is 171 Å². The smallest absolute Gasteiger partial charge is 0.496 e. The highest BCUT2D eigenvalue weighted by Crippen LogP contribution is 2.52. The highest BCUT2D eigenvalue weighted by molar-refractivity contribution is 7.99. The zero-order valence-electron chi connectivity index (χ0n) is 15.2. The number of hydrogen-bond acceptors (Lipinski definition) is 5. The van der Waals surface area contributed by atoms with Gasteiger partial charge < -0.3 is 13.8 Å². The molecule has 0 bridgehead atoms. The first-order valence-electron chi connectivity index (χ1n) is 8.59. The van der Waals surface area contributed by atoms with Crippen LogP contribution in [0.5, 0.6) is 11.5 Å². The van der Waals surface area contributed by atoms with E-state index in [2.05, 4.69) is 0 Å². The van der Waals surface area contributed by atoms with E-state index in [1.165, 1.54) is 23.9 Å². The molecular formula is C21H16FO5PS. The molecule has 0 amide bonds. The highest BCUT2D eigenvalue weighted by atomic mass is 32.2. The summed E-state index contributed by atoms with van der Waals surface area (Å²) in [4.78, 5) is 12.0. The van der Waals surface area contributed by atoms with E-state index in [9.17, 15) is 13.8 Å². The molecule has 148 valence electrons. The maximum atomic E-state index is 13.1. The SMILES string of the molecule is COc1cccc2c1Sc1ccccc1C=C2OP(=O)(O)Oc1ccc(F)cc1. The second-order valence-corrected chi connectivity index (χ2v) is 8.44. The van der Waals surface area contributed by atoms with Gasteiger partial charge in [0.25, 0.3) is 0 Å². The second kappa shape index (κ2) is 7.95. The standard InChI is InChI=1S/C21H16FO5PS/c1-25-18-7-4-6-17-19(13-14-5-2-3-8-20(14)29-21(17)18)27-28(23,24)26-16-11-9-15(22)10-12-16/h2-13H,1H3,(H,23,24). The second-order valence-electron chi connectivity index (χ2n) is 6.09. The molecule has 0 saturated carbocycles. The molecule has 8 heteroatoms. The molecule has 5 nitrogen and oxygen atoms in total. The van der Waals surface area contributed by atoms with Gasteiger partial charge >= 0.3 is 7.82 Å². The lowest BCUT2D eigenvalue weighted by Gasteiger charge is -2.18. The Kier molecular flexibility index (Phi) is 5.37. The minimum atomic E-state index is -4.55. The molecule has 0 aromatic heterocycles. The Morgan fingerprint density at radius 3 is 2.48 bits per heavy atom. The number of fused-ring (bicyclic) bond motifs is 2. The van der Waals surface area contributed by atoms with Gasteiger partial charge in [0, 0.05) is 10.5 Å². The molecule has 0 fully saturated rings. The Hall–Kier alpha value is -2.73. The molecule has 4 rings (SSSR count). The molecule has 0 aliphatic carbocycles. The van der Waals surface area contributed by atoms with Crippen LogP contribution in [0.25, 0.3) is 11.8 Å². The summed E-state index contributed by atoms with van der Waals surface area (Å²) in [5, 5.41) is 0. The Morgan fingerprint density at radius 1 is 0.966 bits per heavy atom. The van der Waals surface area contributed by atoms with Gasteiger partial charge in [0.1, 0.15) is 23.1 Å². The fraction of sp³-hybridized carbons (Fsp3) is 0.0476. The maximum Gasteiger partial charge on any atom is 0.584 e. The molecule has 1 atom stereocenters. The molecule has 0 spiro atoms. The van der Waals surface area contributed by atoms with Crippen LogP contribution in [0, 0.1) is 5.82 Å². The molecule has 1 unspecified atom stereocenters. The monoisotopic (exact) mass is 430 g/mol. The predicted molar refractivity (Wildman–Crippen MR) is 109 cm³/mol. The van der Waals surface area contributed by atoms with Crippen LogP contribution in [0.4, 0.5) is 4.39 Å². The van der Waals surface area contributed by atoms with Gasteiger partial charge in [-0.15, -0.1) is 0 Å². The van der Waals surface area contributed by atoms with E-state index in [1.807, 2.05) is 30.3 Å². The fourth-order valence-corrected chi connectivity index (χ4v) is 4.81. The van der Waals surface area contributed by atoms with Gasteiger partial charge in [0.2, 0.25) is 0 Å². The number of phosphoric ester groups is 1. The van der Waals surface area contributed by atoms with Gasteiger partial charge in [-0.2, -0.15) is 0 Å². The molecule has 29 heavy (non-hydrogen) atoms. The van der Waals surface area contributed by atoms with Crippen molar-refractivity contribution < 1.29 is 27.6 Å². The van der Waals surface area contributed by atoms with Gasteiger partial charge in [-0.25, -0.2) is 8.96 Å². The van der Waals surface area contributed by atoms with Crippen molar-refractivity contribution in [1.29, 1.82) is 0 Å². The summed E-state index contributed by atoms with van der Waals surface area (Å²) >= 11 is 1.48. The quantitative estimate of drug-likeness (QED) is 0.502. The van der Waals surface area contributed by atoms with Crippen LogP contribution < -0.4 is 9.26 Å². The van der Waals surface area contributed by atoms with Crippen LogP contribution in [0.3, 0.4) is 0 Å². The topological polar surface area (TPSA) is 65.0 Å². The van der Waals surface area contributed by atoms with Crippen molar-refractivity contribution in [3.8, 4) is 11.5 Å². The van der Waals surface area contributed by atoms with Crippen molar-refractivity contribution in [3.05, 3.63) is 83.7 Å². The summed E-state index contributed by atoms with van der Waals surface area (Å²) in [7, 11) is -2.99. The average Bonchev–Trinajstić information content (AvgIpc) is 2.85. The van der Waals surface area contributed by atoms with Gasteiger partial charge in [-0.1, -0.05) is 36.0 Å². The number of phosphoric acid groups is 1. The Balaban J connectivity index is 1.74. The van der Waals surface area contributed by atoms with Gasteiger partial charge in [0.05, 0.1) is 12.0 Å². The third-order valence-electron chi connectivity index (χ3n) is 4.13. The number of rotatable bonds is 5. The molecule has 0 saturated heterocycles. The maximum absolute atomic E-state index is 13.1. The van der Waals surface area contributed by atoms with E-state index in [1.54, 1.807) is 25.3 Å². The minimum Gasteiger partial charge on any atom is -0.496 e. The number of hydrogen-bond donors (Lipinski definition) is 1. The first kappa shape index (κ1) is 19.6. The molecule has 1 heterocycles. The Bertz CT molecular complexity index is 1130. The molecule has 3 aromatic carbocycles. The van der Waals surface area contributed by atoms with Crippen molar-refractivity contribution >= 4 is 31.4 Å². The minimum absolute atomic E-state index is 0.0205. The normalized spacial score (nSPS) is 14.5. The lowest BCUT2D eigenvalue weighted by Crippen LogP contribution is -1.99. The number of methoxy groups -OCH3 is 1. The number of ether oxygens (including phenoxy) is 1. The van der Waals surface area contributed by atoms with Crippen LogP contribution in [0.1, 0.15) is 11.1 Å². The fourth-order valence-electron chi connectivity index (χ4n) is 2.84. The summed E-state index contributed by atoms with van der Waals surface area (Å²) in [5.74, 6) is 0.328. The predicted octanol–water partition coefficient (Wildman–Crippen LogP) is 5.99. The van der Waals surface area contributed by atoms with E-state index in [0.29, 0.717) is 11.3 Å². The van der Waals surface area contributed by atoms with Crippen LogP contribution >= 0.6 is 19.6 Å². The summed E-state index contributed by atoms with van der Waals surface area (Å²) < 4.78 is 41.8. The van der Waals surface area contributed by atoms with Crippen molar-refractivity contribution in [3.63, 3.8) is 0 Å². The highest BCUT2D eigenvalue weighted by Gasteiger charge is 2.30. The third kappa shape index (κ3) is 4.32. The molecule has 1 N–H and O–H groups in total. The van der Waals surface area contributed by atoms with E-state index in [0.717, 1.165) is 27.5 Å².